The van der Waals surface area contributed by atoms with Crippen molar-refractivity contribution in [2.45, 2.75) is 26.4 Å². The summed E-state index contributed by atoms with van der Waals surface area (Å²) in [5, 5.41) is 11.8. The summed E-state index contributed by atoms with van der Waals surface area (Å²) in [4.78, 5) is 0. The van der Waals surface area contributed by atoms with Crippen LogP contribution in [0.25, 0.3) is 5.69 Å². The molecule has 0 spiro atoms. The Bertz CT molecular complexity index is 702. The molecule has 3 aromatic rings. The van der Waals surface area contributed by atoms with E-state index in [1.807, 2.05) is 60.4 Å². The average Bonchev–Trinajstić information content (AvgIpc) is 3.15. The highest BCUT2D eigenvalue weighted by Crippen LogP contribution is 2.15. The summed E-state index contributed by atoms with van der Waals surface area (Å²) in [6.07, 6.45) is 3.93. The van der Waals surface area contributed by atoms with E-state index in [-0.39, 0.29) is 6.04 Å². The lowest BCUT2D eigenvalue weighted by Crippen LogP contribution is -2.17. The zero-order valence-electron chi connectivity index (χ0n) is 12.2. The molecule has 1 unspecified atom stereocenters. The molecule has 21 heavy (non-hydrogen) atoms. The molecule has 0 radical (unpaired) electrons. The highest BCUT2D eigenvalue weighted by molar-refractivity contribution is 5.31. The van der Waals surface area contributed by atoms with Gasteiger partial charge >= 0.3 is 0 Å². The smallest absolute Gasteiger partial charge is 0.133 e. The van der Waals surface area contributed by atoms with Crippen LogP contribution in [-0.2, 0) is 6.54 Å². The molecular formula is C16H18N4O. The summed E-state index contributed by atoms with van der Waals surface area (Å²) in [6, 6.07) is 12.2. The van der Waals surface area contributed by atoms with Gasteiger partial charge in [0.1, 0.15) is 5.76 Å². The van der Waals surface area contributed by atoms with Gasteiger partial charge in [-0.05, 0) is 26.0 Å². The van der Waals surface area contributed by atoms with E-state index >= 15 is 0 Å². The zero-order valence-corrected chi connectivity index (χ0v) is 12.2. The summed E-state index contributed by atoms with van der Waals surface area (Å²) in [6.45, 7) is 4.68. The molecule has 3 rings (SSSR count). The number of benzene rings is 1. The molecule has 1 N–H and O–H groups in total. The van der Waals surface area contributed by atoms with Crippen LogP contribution < -0.4 is 5.32 Å². The summed E-state index contributed by atoms with van der Waals surface area (Å²) < 4.78 is 6.94. The van der Waals surface area contributed by atoms with Gasteiger partial charge in [-0.2, -0.15) is 5.10 Å². The van der Waals surface area contributed by atoms with Crippen LogP contribution in [0.2, 0.25) is 0 Å². The molecular weight excluding hydrogens is 264 g/mol. The van der Waals surface area contributed by atoms with Crippen molar-refractivity contribution in [2.24, 2.45) is 0 Å². The molecule has 1 atom stereocenters. The first-order valence-electron chi connectivity index (χ1n) is 6.98. The Kier molecular flexibility index (Phi) is 3.83. The third kappa shape index (κ3) is 3.20. The number of para-hydroxylation sites is 1. The van der Waals surface area contributed by atoms with Gasteiger partial charge in [0.2, 0.25) is 0 Å². The van der Waals surface area contributed by atoms with E-state index in [1.54, 1.807) is 0 Å². The molecule has 0 fully saturated rings. The quantitative estimate of drug-likeness (QED) is 0.781. The SMILES string of the molecule is Cc1cc(CNC(C)c2cnn(-c3ccccc3)c2)no1. The summed E-state index contributed by atoms with van der Waals surface area (Å²) in [5.41, 5.74) is 3.11. The van der Waals surface area contributed by atoms with E-state index < -0.39 is 0 Å². The fourth-order valence-electron chi connectivity index (χ4n) is 2.16. The predicted molar refractivity (Wildman–Crippen MR) is 80.1 cm³/mol. The number of hydrogen-bond acceptors (Lipinski definition) is 4. The lowest BCUT2D eigenvalue weighted by molar-refractivity contribution is 0.386. The summed E-state index contributed by atoms with van der Waals surface area (Å²) >= 11 is 0. The van der Waals surface area contributed by atoms with Crippen LogP contribution in [0.4, 0.5) is 0 Å². The van der Waals surface area contributed by atoms with Gasteiger partial charge in [-0.1, -0.05) is 23.4 Å². The van der Waals surface area contributed by atoms with Crippen LogP contribution >= 0.6 is 0 Å². The lowest BCUT2D eigenvalue weighted by atomic mass is 10.2. The topological polar surface area (TPSA) is 55.9 Å². The van der Waals surface area contributed by atoms with Crippen molar-refractivity contribution in [3.8, 4) is 5.69 Å². The normalized spacial score (nSPS) is 12.5. The molecule has 1 aromatic carbocycles. The Labute approximate surface area is 123 Å². The Morgan fingerprint density at radius 3 is 2.81 bits per heavy atom. The van der Waals surface area contributed by atoms with E-state index in [2.05, 4.69) is 22.5 Å². The van der Waals surface area contributed by atoms with E-state index in [0.29, 0.717) is 6.54 Å². The first kappa shape index (κ1) is 13.6. The fourth-order valence-corrected chi connectivity index (χ4v) is 2.16. The van der Waals surface area contributed by atoms with Crippen LogP contribution in [0.1, 0.15) is 30.0 Å². The Morgan fingerprint density at radius 2 is 2.10 bits per heavy atom. The van der Waals surface area contributed by atoms with Gasteiger partial charge in [-0.25, -0.2) is 4.68 Å². The first-order valence-corrected chi connectivity index (χ1v) is 6.98. The van der Waals surface area contributed by atoms with Crippen LogP contribution in [0.3, 0.4) is 0 Å². The molecule has 5 heteroatoms. The standard InChI is InChI=1S/C16H18N4O/c1-12-8-15(19-21-12)10-17-13(2)14-9-18-20(11-14)16-6-4-3-5-7-16/h3-9,11,13,17H,10H2,1-2H3. The highest BCUT2D eigenvalue weighted by atomic mass is 16.5. The minimum absolute atomic E-state index is 0.194. The van der Waals surface area contributed by atoms with Crippen molar-refractivity contribution in [2.75, 3.05) is 0 Å². The summed E-state index contributed by atoms with van der Waals surface area (Å²) in [7, 11) is 0. The molecule has 5 nitrogen and oxygen atoms in total. The molecule has 0 aliphatic rings. The van der Waals surface area contributed by atoms with Crippen molar-refractivity contribution < 1.29 is 4.52 Å². The number of nitrogens with zero attached hydrogens (tertiary/aromatic N) is 3. The maximum absolute atomic E-state index is 5.06. The Hall–Kier alpha value is -2.40. The molecule has 108 valence electrons. The van der Waals surface area contributed by atoms with E-state index in [0.717, 1.165) is 22.7 Å². The molecule has 0 aliphatic heterocycles. The van der Waals surface area contributed by atoms with E-state index in [1.165, 1.54) is 0 Å². The Morgan fingerprint density at radius 1 is 1.29 bits per heavy atom. The van der Waals surface area contributed by atoms with Gasteiger partial charge in [0.15, 0.2) is 0 Å². The van der Waals surface area contributed by atoms with Crippen LogP contribution in [-0.4, -0.2) is 14.9 Å². The lowest BCUT2D eigenvalue weighted by Gasteiger charge is -2.10. The molecule has 0 saturated carbocycles. The van der Waals surface area contributed by atoms with E-state index in [4.69, 9.17) is 4.52 Å². The average molecular weight is 282 g/mol. The second kappa shape index (κ2) is 5.93. The summed E-state index contributed by atoms with van der Waals surface area (Å²) in [5.74, 6) is 0.830. The largest absolute Gasteiger partial charge is 0.361 e. The third-order valence-electron chi connectivity index (χ3n) is 3.39. The number of rotatable bonds is 5. The van der Waals surface area contributed by atoms with Gasteiger partial charge < -0.3 is 9.84 Å². The van der Waals surface area contributed by atoms with Gasteiger partial charge in [-0.15, -0.1) is 0 Å². The van der Waals surface area contributed by atoms with Crippen molar-refractivity contribution in [3.63, 3.8) is 0 Å². The monoisotopic (exact) mass is 282 g/mol. The van der Waals surface area contributed by atoms with Crippen LogP contribution in [0, 0.1) is 6.92 Å². The fraction of sp³-hybridized carbons (Fsp3) is 0.250. The minimum Gasteiger partial charge on any atom is -0.361 e. The number of hydrogen-bond donors (Lipinski definition) is 1. The maximum atomic E-state index is 5.06. The minimum atomic E-state index is 0.194. The highest BCUT2D eigenvalue weighted by Gasteiger charge is 2.09. The molecule has 0 saturated heterocycles. The number of aromatic nitrogens is 3. The maximum Gasteiger partial charge on any atom is 0.133 e. The second-order valence-corrected chi connectivity index (χ2v) is 5.09. The van der Waals surface area contributed by atoms with Crippen LogP contribution in [0.5, 0.6) is 0 Å². The van der Waals surface area contributed by atoms with Crippen molar-refractivity contribution in [1.82, 2.24) is 20.3 Å². The molecule has 0 aliphatic carbocycles. The van der Waals surface area contributed by atoms with Crippen molar-refractivity contribution >= 4 is 0 Å². The zero-order chi connectivity index (χ0) is 14.7. The number of nitrogens with one attached hydrogen (secondary N) is 1. The van der Waals surface area contributed by atoms with Crippen molar-refractivity contribution in [3.05, 3.63) is 65.8 Å². The Balaban J connectivity index is 1.65. The van der Waals surface area contributed by atoms with Crippen molar-refractivity contribution in [1.29, 1.82) is 0 Å². The predicted octanol–water partition coefficient (Wildman–Crippen LogP) is 3.02. The van der Waals surface area contributed by atoms with Gasteiger partial charge in [-0.3, -0.25) is 0 Å². The van der Waals surface area contributed by atoms with Gasteiger partial charge in [0.25, 0.3) is 0 Å². The molecule has 0 bridgehead atoms. The van der Waals surface area contributed by atoms with Gasteiger partial charge in [0.05, 0.1) is 17.6 Å². The van der Waals surface area contributed by atoms with Gasteiger partial charge in [0, 0.05) is 30.4 Å². The van der Waals surface area contributed by atoms with E-state index in [9.17, 15) is 0 Å². The second-order valence-electron chi connectivity index (χ2n) is 5.09. The molecule has 2 heterocycles. The van der Waals surface area contributed by atoms with Crippen LogP contribution in [0.15, 0.2) is 53.3 Å². The third-order valence-corrected chi connectivity index (χ3v) is 3.39. The molecule has 0 amide bonds. The number of aryl methyl sites for hydroxylation is 1. The first-order chi connectivity index (χ1) is 10.2. The molecule has 2 aromatic heterocycles.